The lowest BCUT2D eigenvalue weighted by atomic mass is 9.88. The summed E-state index contributed by atoms with van der Waals surface area (Å²) in [5, 5.41) is 12.4. The van der Waals surface area contributed by atoms with Gasteiger partial charge in [0.15, 0.2) is 0 Å². The van der Waals surface area contributed by atoms with Crippen molar-refractivity contribution in [2.24, 2.45) is 0 Å². The summed E-state index contributed by atoms with van der Waals surface area (Å²) in [6.07, 6.45) is 2.22. The summed E-state index contributed by atoms with van der Waals surface area (Å²) in [4.78, 5) is 11.1. The average molecular weight is 249 g/mol. The molecule has 1 aromatic carbocycles. The van der Waals surface area contributed by atoms with Crippen molar-refractivity contribution in [1.82, 2.24) is 0 Å². The first-order valence-corrected chi connectivity index (χ1v) is 6.32. The number of carboxylic acid groups (broad SMARTS) is 1. The number of nitrogens with one attached hydrogen (secondary N) is 1. The minimum atomic E-state index is -0.891. The maximum atomic E-state index is 11.1. The quantitative estimate of drug-likeness (QED) is 0.842. The number of carbonyl (C=O) groups is 1. The van der Waals surface area contributed by atoms with E-state index in [0.29, 0.717) is 23.4 Å². The normalized spacial score (nSPS) is 22.3. The second-order valence-electron chi connectivity index (χ2n) is 4.74. The van der Waals surface area contributed by atoms with Gasteiger partial charge in [0, 0.05) is 18.3 Å². The van der Waals surface area contributed by atoms with Gasteiger partial charge in [-0.2, -0.15) is 0 Å². The molecule has 4 nitrogen and oxygen atoms in total. The van der Waals surface area contributed by atoms with E-state index in [-0.39, 0.29) is 0 Å². The monoisotopic (exact) mass is 249 g/mol. The fraction of sp³-hybridized carbons (Fsp3) is 0.500. The van der Waals surface area contributed by atoms with E-state index < -0.39 is 5.97 Å². The van der Waals surface area contributed by atoms with Crippen molar-refractivity contribution in [1.29, 1.82) is 0 Å². The molecule has 1 aromatic rings. The number of rotatable bonds is 5. The second kappa shape index (κ2) is 5.40. The molecule has 0 heterocycles. The lowest BCUT2D eigenvalue weighted by Crippen LogP contribution is -2.41. The van der Waals surface area contributed by atoms with Gasteiger partial charge in [-0.3, -0.25) is 0 Å². The second-order valence-corrected chi connectivity index (χ2v) is 4.74. The largest absolute Gasteiger partial charge is 0.478 e. The summed E-state index contributed by atoms with van der Waals surface area (Å²) in [7, 11) is 0. The first-order chi connectivity index (χ1) is 8.60. The molecule has 4 heteroatoms. The molecule has 0 amide bonds. The third kappa shape index (κ3) is 2.82. The van der Waals surface area contributed by atoms with Crippen molar-refractivity contribution in [3.05, 3.63) is 29.3 Å². The SMILES string of the molecule is CCOC1CC(Nc2cc(C)ccc2C(=O)O)C1. The van der Waals surface area contributed by atoms with Gasteiger partial charge in [0.2, 0.25) is 0 Å². The van der Waals surface area contributed by atoms with Crippen molar-refractivity contribution in [2.45, 2.75) is 38.8 Å². The molecule has 1 saturated carbocycles. The van der Waals surface area contributed by atoms with Gasteiger partial charge in [-0.25, -0.2) is 4.79 Å². The number of aromatic carboxylic acids is 1. The first-order valence-electron chi connectivity index (χ1n) is 6.32. The third-order valence-corrected chi connectivity index (χ3v) is 3.26. The Balaban J connectivity index is 2.01. The Kier molecular flexibility index (Phi) is 3.87. The van der Waals surface area contributed by atoms with Crippen LogP contribution in [0.1, 0.15) is 35.7 Å². The Labute approximate surface area is 107 Å². The summed E-state index contributed by atoms with van der Waals surface area (Å²) in [6, 6.07) is 5.68. The van der Waals surface area contributed by atoms with E-state index in [4.69, 9.17) is 9.84 Å². The van der Waals surface area contributed by atoms with Gasteiger partial charge in [0.25, 0.3) is 0 Å². The summed E-state index contributed by atoms with van der Waals surface area (Å²) in [5.74, 6) is -0.891. The fourth-order valence-corrected chi connectivity index (χ4v) is 2.24. The molecule has 1 aliphatic carbocycles. The maximum Gasteiger partial charge on any atom is 0.337 e. The van der Waals surface area contributed by atoms with Crippen LogP contribution in [0.5, 0.6) is 0 Å². The van der Waals surface area contributed by atoms with Gasteiger partial charge in [0.1, 0.15) is 0 Å². The molecule has 0 unspecified atom stereocenters. The Morgan fingerprint density at radius 1 is 1.50 bits per heavy atom. The van der Waals surface area contributed by atoms with Gasteiger partial charge in [-0.1, -0.05) is 6.07 Å². The summed E-state index contributed by atoms with van der Waals surface area (Å²) in [5.41, 5.74) is 2.10. The van der Waals surface area contributed by atoms with E-state index in [1.54, 1.807) is 6.07 Å². The number of aryl methyl sites for hydroxylation is 1. The number of anilines is 1. The molecule has 2 rings (SSSR count). The highest BCUT2D eigenvalue weighted by molar-refractivity contribution is 5.94. The van der Waals surface area contributed by atoms with Gasteiger partial charge in [-0.05, 0) is 44.4 Å². The van der Waals surface area contributed by atoms with Crippen LogP contribution in [-0.4, -0.2) is 29.8 Å². The van der Waals surface area contributed by atoms with Crippen LogP contribution in [0, 0.1) is 6.92 Å². The molecule has 0 saturated heterocycles. The molecule has 0 radical (unpaired) electrons. The van der Waals surface area contributed by atoms with Crippen LogP contribution < -0.4 is 5.32 Å². The Bertz CT molecular complexity index is 439. The fourth-order valence-electron chi connectivity index (χ4n) is 2.24. The summed E-state index contributed by atoms with van der Waals surface area (Å²) >= 11 is 0. The van der Waals surface area contributed by atoms with E-state index >= 15 is 0 Å². The molecule has 0 spiro atoms. The summed E-state index contributed by atoms with van der Waals surface area (Å²) < 4.78 is 5.49. The summed E-state index contributed by atoms with van der Waals surface area (Å²) in [6.45, 7) is 4.69. The third-order valence-electron chi connectivity index (χ3n) is 3.26. The van der Waals surface area contributed by atoms with Crippen molar-refractivity contribution < 1.29 is 14.6 Å². The van der Waals surface area contributed by atoms with Gasteiger partial charge in [0.05, 0.1) is 11.7 Å². The van der Waals surface area contributed by atoms with Crippen molar-refractivity contribution in [3.8, 4) is 0 Å². The topological polar surface area (TPSA) is 58.6 Å². The highest BCUT2D eigenvalue weighted by Gasteiger charge is 2.30. The van der Waals surface area contributed by atoms with Crippen LogP contribution >= 0.6 is 0 Å². The molecule has 18 heavy (non-hydrogen) atoms. The predicted octanol–water partition coefficient (Wildman–Crippen LogP) is 2.67. The molecule has 1 aliphatic rings. The van der Waals surface area contributed by atoms with Crippen LogP contribution in [-0.2, 0) is 4.74 Å². The number of benzene rings is 1. The smallest absolute Gasteiger partial charge is 0.337 e. The van der Waals surface area contributed by atoms with Crippen LogP contribution in [0.2, 0.25) is 0 Å². The van der Waals surface area contributed by atoms with E-state index in [0.717, 1.165) is 25.0 Å². The van der Waals surface area contributed by atoms with E-state index in [1.165, 1.54) is 0 Å². The zero-order chi connectivity index (χ0) is 13.1. The van der Waals surface area contributed by atoms with Gasteiger partial charge < -0.3 is 15.2 Å². The van der Waals surface area contributed by atoms with Crippen LogP contribution in [0.25, 0.3) is 0 Å². The number of hydrogen-bond acceptors (Lipinski definition) is 3. The van der Waals surface area contributed by atoms with Crippen LogP contribution in [0.15, 0.2) is 18.2 Å². The number of hydrogen-bond donors (Lipinski definition) is 2. The lowest BCUT2D eigenvalue weighted by molar-refractivity contribution is 0.00298. The minimum absolute atomic E-state index is 0.321. The number of carboxylic acids is 1. The first kappa shape index (κ1) is 12.9. The van der Waals surface area contributed by atoms with Crippen molar-refractivity contribution >= 4 is 11.7 Å². The molecule has 1 fully saturated rings. The average Bonchev–Trinajstić information content (AvgIpc) is 2.26. The zero-order valence-corrected chi connectivity index (χ0v) is 10.8. The van der Waals surface area contributed by atoms with Crippen LogP contribution in [0.3, 0.4) is 0 Å². The Morgan fingerprint density at radius 2 is 2.22 bits per heavy atom. The van der Waals surface area contributed by atoms with E-state index in [2.05, 4.69) is 5.32 Å². The van der Waals surface area contributed by atoms with Crippen LogP contribution in [0.4, 0.5) is 5.69 Å². The van der Waals surface area contributed by atoms with Gasteiger partial charge >= 0.3 is 5.97 Å². The Morgan fingerprint density at radius 3 is 2.83 bits per heavy atom. The Hall–Kier alpha value is -1.55. The minimum Gasteiger partial charge on any atom is -0.478 e. The number of ether oxygens (including phenoxy) is 1. The molecule has 2 N–H and O–H groups in total. The molecular weight excluding hydrogens is 230 g/mol. The molecule has 0 aromatic heterocycles. The predicted molar refractivity (Wildman–Crippen MR) is 70.2 cm³/mol. The molecule has 98 valence electrons. The van der Waals surface area contributed by atoms with Gasteiger partial charge in [-0.15, -0.1) is 0 Å². The highest BCUT2D eigenvalue weighted by Crippen LogP contribution is 2.28. The zero-order valence-electron chi connectivity index (χ0n) is 10.8. The van der Waals surface area contributed by atoms with Crippen molar-refractivity contribution in [3.63, 3.8) is 0 Å². The van der Waals surface area contributed by atoms with E-state index in [1.807, 2.05) is 26.0 Å². The van der Waals surface area contributed by atoms with E-state index in [9.17, 15) is 4.79 Å². The standard InChI is InChI=1S/C14H19NO3/c1-3-18-11-7-10(8-11)15-13-6-9(2)4-5-12(13)14(16)17/h4-6,10-11,15H,3,7-8H2,1-2H3,(H,16,17). The highest BCUT2D eigenvalue weighted by atomic mass is 16.5. The molecule has 0 atom stereocenters. The molecule has 0 bridgehead atoms. The maximum absolute atomic E-state index is 11.1. The van der Waals surface area contributed by atoms with Crippen molar-refractivity contribution in [2.75, 3.05) is 11.9 Å². The lowest BCUT2D eigenvalue weighted by Gasteiger charge is -2.36. The molecular formula is C14H19NO3. The molecule has 0 aliphatic heterocycles.